The number of aromatic amines is 1. The normalized spacial score (nSPS) is 21.0. The number of alkyl carbamates (subject to hydrolysis) is 1. The summed E-state index contributed by atoms with van der Waals surface area (Å²) in [5, 5.41) is 22.5. The number of nitrogens with zero attached hydrogens (tertiary/aromatic N) is 2. The molecule has 1 aromatic heterocycles. The van der Waals surface area contributed by atoms with Crippen molar-refractivity contribution in [2.75, 3.05) is 30.3 Å². The first-order chi connectivity index (χ1) is 32.2. The molecule has 2 aliphatic carbocycles. The molecule has 9 rings (SSSR count). The van der Waals surface area contributed by atoms with Crippen molar-refractivity contribution in [3.63, 3.8) is 0 Å². The Morgan fingerprint density at radius 1 is 0.866 bits per heavy atom. The van der Waals surface area contributed by atoms with Crippen molar-refractivity contribution in [3.05, 3.63) is 144 Å². The van der Waals surface area contributed by atoms with Crippen LogP contribution in [0, 0.1) is 12.8 Å². The lowest BCUT2D eigenvalue weighted by Crippen LogP contribution is -2.54. The van der Waals surface area contributed by atoms with Gasteiger partial charge in [-0.05, 0) is 112 Å². The van der Waals surface area contributed by atoms with Crippen LogP contribution in [0.25, 0.3) is 33.3 Å². The Balaban J connectivity index is 0.945. The van der Waals surface area contributed by atoms with Gasteiger partial charge in [0.15, 0.2) is 0 Å². The van der Waals surface area contributed by atoms with Crippen LogP contribution in [0.3, 0.4) is 0 Å². The first kappa shape index (κ1) is 45.2. The van der Waals surface area contributed by atoms with Gasteiger partial charge < -0.3 is 40.6 Å². The zero-order valence-corrected chi connectivity index (χ0v) is 38.9. The van der Waals surface area contributed by atoms with Crippen LogP contribution in [0.5, 0.6) is 0 Å². The Morgan fingerprint density at radius 2 is 1.58 bits per heavy atom. The predicted octanol–water partition coefficient (Wildman–Crippen LogP) is 9.19. The molecule has 12 nitrogen and oxygen atoms in total. The average Bonchev–Trinajstić information content (AvgIpc) is 4.13. The number of ether oxygens (including phenoxy) is 1. The highest BCUT2D eigenvalue weighted by Gasteiger charge is 2.72. The monoisotopic (exact) mass is 900 g/mol. The van der Waals surface area contributed by atoms with E-state index in [-0.39, 0.29) is 36.6 Å². The Morgan fingerprint density at radius 3 is 2.27 bits per heavy atom. The first-order valence-electron chi connectivity index (χ1n) is 23.4. The second kappa shape index (κ2) is 18.0. The number of carbonyl (C=O) groups is 4. The van der Waals surface area contributed by atoms with Gasteiger partial charge in [0, 0.05) is 40.9 Å². The van der Waals surface area contributed by atoms with E-state index in [4.69, 9.17) is 4.74 Å². The summed E-state index contributed by atoms with van der Waals surface area (Å²) < 4.78 is 5.58. The summed E-state index contributed by atoms with van der Waals surface area (Å²) in [6, 6.07) is 40.8. The molecule has 0 bridgehead atoms. The lowest BCUT2D eigenvalue weighted by atomic mass is 9.92. The van der Waals surface area contributed by atoms with Crippen LogP contribution in [0.2, 0.25) is 0 Å². The maximum Gasteiger partial charge on any atom is 0.407 e. The number of fused-ring (bicyclic) bond motifs is 2. The van der Waals surface area contributed by atoms with Crippen molar-refractivity contribution in [2.24, 2.45) is 5.92 Å². The molecule has 12 heteroatoms. The summed E-state index contributed by atoms with van der Waals surface area (Å²) in [6.45, 7) is 10.5. The van der Waals surface area contributed by atoms with Gasteiger partial charge in [-0.25, -0.2) is 4.79 Å². The first-order valence-corrected chi connectivity index (χ1v) is 23.4. The molecule has 0 radical (unpaired) electrons. The van der Waals surface area contributed by atoms with Crippen molar-refractivity contribution >= 4 is 46.1 Å². The molecule has 5 N–H and O–H groups in total. The van der Waals surface area contributed by atoms with Crippen molar-refractivity contribution in [3.8, 4) is 22.4 Å². The molecule has 346 valence electrons. The van der Waals surface area contributed by atoms with Gasteiger partial charge in [-0.15, -0.1) is 0 Å². The molecule has 4 unspecified atom stereocenters. The average molecular weight is 901 g/mol. The molecule has 6 aromatic rings. The van der Waals surface area contributed by atoms with E-state index in [1.807, 2.05) is 142 Å². The Kier molecular flexibility index (Phi) is 12.2. The molecular weight excluding hydrogens is 841 g/mol. The maximum atomic E-state index is 14.9. The Bertz CT molecular complexity index is 2800. The number of anilines is 2. The molecule has 5 atom stereocenters. The number of hydrogen-bond acceptors (Lipinski definition) is 7. The summed E-state index contributed by atoms with van der Waals surface area (Å²) in [7, 11) is 0. The summed E-state index contributed by atoms with van der Waals surface area (Å²) in [6.07, 6.45) is 1.27. The SMILES string of the molecule is CCCN(CC(=O)Nc1ccc(-c2[nH]c3ccc(NC(O)C45CC4CCN5C(=O)C4(c5ccccc5)C[C@@H]4NC(=O)OC(C)(C)C)cc3c2-c2cccc(C)c2)cc1)C(=O)Cc1ccccc1. The van der Waals surface area contributed by atoms with E-state index in [1.165, 1.54) is 0 Å². The number of benzene rings is 5. The number of rotatable bonds is 15. The second-order valence-corrected chi connectivity index (χ2v) is 19.5. The number of aliphatic hydroxyl groups excluding tert-OH is 1. The van der Waals surface area contributed by atoms with Crippen LogP contribution >= 0.6 is 0 Å². The minimum absolute atomic E-state index is 0.0375. The highest BCUT2D eigenvalue weighted by Crippen LogP contribution is 2.61. The third-order valence-electron chi connectivity index (χ3n) is 13.6. The fourth-order valence-corrected chi connectivity index (χ4v) is 10.2. The van der Waals surface area contributed by atoms with Gasteiger partial charge in [-0.3, -0.25) is 14.4 Å². The Hall–Kier alpha value is -6.92. The molecule has 3 aliphatic rings. The second-order valence-electron chi connectivity index (χ2n) is 19.5. The number of carbonyl (C=O) groups excluding carboxylic acids is 4. The van der Waals surface area contributed by atoms with Crippen molar-refractivity contribution in [2.45, 2.75) is 95.5 Å². The number of aliphatic hydroxyl groups is 1. The van der Waals surface area contributed by atoms with E-state index >= 15 is 0 Å². The molecule has 5 aromatic carbocycles. The molecule has 2 saturated carbocycles. The molecule has 1 saturated heterocycles. The van der Waals surface area contributed by atoms with Crippen LogP contribution < -0.4 is 16.0 Å². The summed E-state index contributed by atoms with van der Waals surface area (Å²) in [4.78, 5) is 61.5. The maximum absolute atomic E-state index is 14.9. The lowest BCUT2D eigenvalue weighted by molar-refractivity contribution is -0.138. The van der Waals surface area contributed by atoms with Gasteiger partial charge in [0.2, 0.25) is 17.7 Å². The van der Waals surface area contributed by atoms with Crippen molar-refractivity contribution in [1.29, 1.82) is 0 Å². The number of nitrogens with one attached hydrogen (secondary N) is 4. The molecule has 67 heavy (non-hydrogen) atoms. The molecule has 0 spiro atoms. The third kappa shape index (κ3) is 9.15. The number of piperidine rings is 1. The minimum atomic E-state index is -1.05. The fraction of sp³-hybridized carbons (Fsp3) is 0.345. The summed E-state index contributed by atoms with van der Waals surface area (Å²) in [5.74, 6) is -0.305. The van der Waals surface area contributed by atoms with Crippen LogP contribution in [-0.2, 0) is 31.0 Å². The van der Waals surface area contributed by atoms with Crippen molar-refractivity contribution in [1.82, 2.24) is 20.1 Å². The van der Waals surface area contributed by atoms with Crippen LogP contribution in [0.15, 0.2) is 127 Å². The topological polar surface area (TPSA) is 156 Å². The largest absolute Gasteiger partial charge is 0.444 e. The van der Waals surface area contributed by atoms with Gasteiger partial charge in [-0.2, -0.15) is 0 Å². The van der Waals surface area contributed by atoms with Gasteiger partial charge >= 0.3 is 6.09 Å². The minimum Gasteiger partial charge on any atom is -0.444 e. The predicted molar refractivity (Wildman–Crippen MR) is 262 cm³/mol. The van der Waals surface area contributed by atoms with Gasteiger partial charge in [-0.1, -0.05) is 110 Å². The van der Waals surface area contributed by atoms with Crippen molar-refractivity contribution < 1.29 is 29.0 Å². The zero-order chi connectivity index (χ0) is 47.1. The number of likely N-dealkylation sites (tertiary alicyclic amines) is 1. The number of H-pyrrole nitrogens is 1. The fourth-order valence-electron chi connectivity index (χ4n) is 10.2. The summed E-state index contributed by atoms with van der Waals surface area (Å²) >= 11 is 0. The standard InChI is InChI=1S/C55H60N6O6/c1-6-27-60(47(63)30-36-15-9-7-10-16-36)34-46(62)56-41-22-20-37(21-23-41)49-48(38-17-13-14-35(2)29-38)43-31-42(24-25-44(43)58-49)57-50(64)55-32-40(55)26-28-61(55)51(65)54(39-18-11-8-12-19-39)33-45(54)59-52(66)67-53(3,4)5/h7-25,29,31,40,45,50,57-58,64H,6,26-28,30,32-34H2,1-5H3,(H,56,62)(H,59,66)/t40?,45-,50?,54?,55?/m0/s1. The number of amides is 4. The lowest BCUT2D eigenvalue weighted by Gasteiger charge is -2.36. The smallest absolute Gasteiger partial charge is 0.407 e. The van der Waals surface area contributed by atoms with Gasteiger partial charge in [0.25, 0.3) is 0 Å². The van der Waals surface area contributed by atoms with E-state index in [9.17, 15) is 24.3 Å². The van der Waals surface area contributed by atoms with Crippen LogP contribution in [0.4, 0.5) is 16.2 Å². The molecule has 1 aliphatic heterocycles. The van der Waals surface area contributed by atoms with Gasteiger partial charge in [0.05, 0.1) is 35.7 Å². The molecule has 3 fully saturated rings. The van der Waals surface area contributed by atoms with E-state index in [0.29, 0.717) is 37.3 Å². The number of aromatic nitrogens is 1. The molecular formula is C55H60N6O6. The highest BCUT2D eigenvalue weighted by atomic mass is 16.6. The quantitative estimate of drug-likeness (QED) is 0.0644. The molecule has 4 amide bonds. The number of aryl methyl sites for hydroxylation is 1. The van der Waals surface area contributed by atoms with E-state index in [1.54, 1.807) is 4.90 Å². The summed E-state index contributed by atoms with van der Waals surface area (Å²) in [5.41, 5.74) is 6.48. The highest BCUT2D eigenvalue weighted by molar-refractivity contribution is 6.05. The molecule has 2 heterocycles. The van der Waals surface area contributed by atoms with Gasteiger partial charge in [0.1, 0.15) is 11.8 Å². The van der Waals surface area contributed by atoms with E-state index < -0.39 is 34.9 Å². The van der Waals surface area contributed by atoms with Crippen LogP contribution in [-0.4, -0.2) is 86.7 Å². The van der Waals surface area contributed by atoms with Crippen LogP contribution in [0.1, 0.15) is 70.1 Å². The van der Waals surface area contributed by atoms with E-state index in [2.05, 4.69) is 46.1 Å². The third-order valence-corrected chi connectivity index (χ3v) is 13.6. The number of hydrogen-bond donors (Lipinski definition) is 5. The van der Waals surface area contributed by atoms with E-state index in [0.717, 1.165) is 62.8 Å². The Labute approximate surface area is 392 Å². The zero-order valence-electron chi connectivity index (χ0n) is 38.9.